The van der Waals surface area contributed by atoms with E-state index in [0.717, 1.165) is 5.46 Å². The van der Waals surface area contributed by atoms with E-state index >= 15 is 0 Å². The van der Waals surface area contributed by atoms with Gasteiger partial charge < -0.3 is 19.7 Å². The van der Waals surface area contributed by atoms with E-state index in [9.17, 15) is 4.79 Å². The summed E-state index contributed by atoms with van der Waals surface area (Å²) < 4.78 is 11.9. The molecule has 1 aliphatic rings. The van der Waals surface area contributed by atoms with E-state index < -0.39 is 30.0 Å². The molecule has 6 nitrogen and oxygen atoms in total. The molecule has 2 heterocycles. The number of aromatic nitrogens is 1. The fraction of sp³-hybridized carbons (Fsp3) is 0.600. The molecule has 22 heavy (non-hydrogen) atoms. The number of nitrogens with one attached hydrogen (secondary N) is 1. The van der Waals surface area contributed by atoms with Gasteiger partial charge in [-0.15, -0.1) is 0 Å². The lowest BCUT2D eigenvalue weighted by Crippen LogP contribution is -2.41. The number of hydrogen-bond donors (Lipinski definition) is 2. The maximum atomic E-state index is 10.8. The van der Waals surface area contributed by atoms with Crippen LogP contribution < -0.4 is 10.8 Å². The maximum absolute atomic E-state index is 10.8. The molecule has 1 fully saturated rings. The second-order valence-electron chi connectivity index (χ2n) is 7.12. The Bertz CT molecular complexity index is 553. The van der Waals surface area contributed by atoms with E-state index in [0.29, 0.717) is 5.69 Å². The molecule has 120 valence electrons. The van der Waals surface area contributed by atoms with Gasteiger partial charge in [-0.1, -0.05) is 6.07 Å². The van der Waals surface area contributed by atoms with Crippen LogP contribution in [0.3, 0.4) is 0 Å². The van der Waals surface area contributed by atoms with Crippen molar-refractivity contribution in [2.24, 2.45) is 0 Å². The Hall–Kier alpha value is -1.60. The summed E-state index contributed by atoms with van der Waals surface area (Å²) in [5.41, 5.74) is -0.120. The van der Waals surface area contributed by atoms with Crippen LogP contribution in [0.1, 0.15) is 47.2 Å². The zero-order chi connectivity index (χ0) is 16.8. The zero-order valence-electron chi connectivity index (χ0n) is 13.9. The topological polar surface area (TPSA) is 80.7 Å². The second-order valence-corrected chi connectivity index (χ2v) is 7.12. The Morgan fingerprint density at radius 3 is 2.18 bits per heavy atom. The molecule has 0 aliphatic carbocycles. The van der Waals surface area contributed by atoms with Crippen LogP contribution >= 0.6 is 0 Å². The minimum Gasteiger partial charge on any atom is -0.465 e. The van der Waals surface area contributed by atoms with E-state index in [2.05, 4.69) is 10.3 Å². The van der Waals surface area contributed by atoms with Gasteiger partial charge >= 0.3 is 13.2 Å². The molecule has 1 aromatic heterocycles. The maximum Gasteiger partial charge on any atom is 0.496 e. The van der Waals surface area contributed by atoms with Crippen LogP contribution in [0.4, 0.5) is 4.79 Å². The van der Waals surface area contributed by atoms with Gasteiger partial charge in [-0.05, 0) is 47.6 Å². The van der Waals surface area contributed by atoms with Crippen LogP contribution in [-0.4, -0.2) is 34.5 Å². The average Bonchev–Trinajstić information content (AvgIpc) is 2.57. The summed E-state index contributed by atoms with van der Waals surface area (Å²) in [6.45, 7) is 11.5. The molecule has 0 bridgehead atoms. The van der Waals surface area contributed by atoms with E-state index in [1.54, 1.807) is 26.1 Å². The molecule has 1 aromatic rings. The van der Waals surface area contributed by atoms with Crippen LogP contribution in [0.2, 0.25) is 0 Å². The van der Waals surface area contributed by atoms with Crippen LogP contribution in [0, 0.1) is 0 Å². The monoisotopic (exact) mass is 306 g/mol. The fourth-order valence-electron chi connectivity index (χ4n) is 2.22. The summed E-state index contributed by atoms with van der Waals surface area (Å²) >= 11 is 0. The lowest BCUT2D eigenvalue weighted by atomic mass is 9.80. The fourth-order valence-corrected chi connectivity index (χ4v) is 2.22. The average molecular weight is 306 g/mol. The predicted molar refractivity (Wildman–Crippen MR) is 84.1 cm³/mol. The van der Waals surface area contributed by atoms with Gasteiger partial charge in [0.05, 0.1) is 22.4 Å². The number of carboxylic acid groups (broad SMARTS) is 1. The largest absolute Gasteiger partial charge is 0.496 e. The van der Waals surface area contributed by atoms with Crippen LogP contribution in [0.15, 0.2) is 18.3 Å². The molecule has 1 aliphatic heterocycles. The van der Waals surface area contributed by atoms with Gasteiger partial charge in [-0.25, -0.2) is 4.79 Å². The van der Waals surface area contributed by atoms with Crippen molar-refractivity contribution in [3.8, 4) is 0 Å². The summed E-state index contributed by atoms with van der Waals surface area (Å²) in [4.78, 5) is 15.2. The normalized spacial score (nSPS) is 20.0. The molecular formula is C15H23BN2O4. The summed E-state index contributed by atoms with van der Waals surface area (Å²) in [7, 11) is -0.470. The summed E-state index contributed by atoms with van der Waals surface area (Å²) in [5.74, 6) is 0. The number of amides is 1. The van der Waals surface area contributed by atoms with E-state index in [4.69, 9.17) is 14.4 Å². The molecule has 7 heteroatoms. The summed E-state index contributed by atoms with van der Waals surface area (Å²) in [6, 6.07) is 3.64. The van der Waals surface area contributed by atoms with E-state index in [1.807, 2.05) is 33.8 Å². The molecule has 0 radical (unpaired) electrons. The number of carbonyl (C=O) groups is 1. The quantitative estimate of drug-likeness (QED) is 0.833. The minimum atomic E-state index is -1.08. The van der Waals surface area contributed by atoms with Gasteiger partial charge in [0.2, 0.25) is 0 Å². The zero-order valence-corrected chi connectivity index (χ0v) is 13.9. The summed E-state index contributed by atoms with van der Waals surface area (Å²) in [5, 5.41) is 11.3. The first-order chi connectivity index (χ1) is 9.95. The molecule has 2 rings (SSSR count). The Labute approximate surface area is 131 Å². The van der Waals surface area contributed by atoms with E-state index in [-0.39, 0.29) is 0 Å². The highest BCUT2D eigenvalue weighted by Gasteiger charge is 2.51. The SMILES string of the molecule is CC(C)(NC(=O)O)c1ccc(B2OC(C)(C)C(C)(C)O2)cn1. The number of pyridine rings is 1. The molecule has 0 atom stereocenters. The van der Waals surface area contributed by atoms with Crippen molar-refractivity contribution < 1.29 is 19.2 Å². The van der Waals surface area contributed by atoms with Crippen molar-refractivity contribution in [2.75, 3.05) is 0 Å². The first-order valence-electron chi connectivity index (χ1n) is 7.28. The van der Waals surface area contributed by atoms with Crippen molar-refractivity contribution in [1.29, 1.82) is 0 Å². The van der Waals surface area contributed by atoms with Gasteiger partial charge in [0.15, 0.2) is 0 Å². The molecule has 1 amide bonds. The third-order valence-corrected chi connectivity index (χ3v) is 4.37. The second kappa shape index (κ2) is 5.24. The summed E-state index contributed by atoms with van der Waals surface area (Å²) in [6.07, 6.45) is 0.588. The van der Waals surface area contributed by atoms with Gasteiger partial charge in [-0.3, -0.25) is 4.98 Å². The Morgan fingerprint density at radius 1 is 1.23 bits per heavy atom. The molecular weight excluding hydrogens is 283 g/mol. The molecule has 0 spiro atoms. The number of nitrogens with zero attached hydrogens (tertiary/aromatic N) is 1. The molecule has 0 saturated carbocycles. The van der Waals surface area contributed by atoms with Gasteiger partial charge in [0.25, 0.3) is 0 Å². The van der Waals surface area contributed by atoms with Crippen molar-refractivity contribution in [3.63, 3.8) is 0 Å². The Balaban J connectivity index is 2.19. The van der Waals surface area contributed by atoms with Gasteiger partial charge in [0.1, 0.15) is 0 Å². The van der Waals surface area contributed by atoms with Crippen molar-refractivity contribution in [2.45, 2.75) is 58.3 Å². The highest BCUT2D eigenvalue weighted by molar-refractivity contribution is 6.62. The Morgan fingerprint density at radius 2 is 1.77 bits per heavy atom. The third-order valence-electron chi connectivity index (χ3n) is 4.37. The third kappa shape index (κ3) is 3.10. The van der Waals surface area contributed by atoms with Crippen molar-refractivity contribution >= 4 is 18.7 Å². The van der Waals surface area contributed by atoms with Gasteiger partial charge in [-0.2, -0.15) is 0 Å². The highest BCUT2D eigenvalue weighted by Crippen LogP contribution is 2.36. The molecule has 0 unspecified atom stereocenters. The number of rotatable bonds is 3. The predicted octanol–water partition coefficient (Wildman–Crippen LogP) is 1.88. The highest BCUT2D eigenvalue weighted by atomic mass is 16.7. The molecule has 0 aromatic carbocycles. The lowest BCUT2D eigenvalue weighted by molar-refractivity contribution is 0.00578. The molecule has 2 N–H and O–H groups in total. The number of hydrogen-bond acceptors (Lipinski definition) is 4. The van der Waals surface area contributed by atoms with E-state index in [1.165, 1.54) is 0 Å². The molecule has 1 saturated heterocycles. The lowest BCUT2D eigenvalue weighted by Gasteiger charge is -2.32. The van der Waals surface area contributed by atoms with Crippen molar-refractivity contribution in [1.82, 2.24) is 10.3 Å². The van der Waals surface area contributed by atoms with Crippen LogP contribution in [0.5, 0.6) is 0 Å². The van der Waals surface area contributed by atoms with Crippen LogP contribution in [-0.2, 0) is 14.8 Å². The smallest absolute Gasteiger partial charge is 0.465 e. The van der Waals surface area contributed by atoms with Gasteiger partial charge in [0, 0.05) is 11.7 Å². The standard InChI is InChI=1S/C15H23BN2O4/c1-13(2,18-12(19)20)11-8-7-10(9-17-11)16-21-14(3,4)15(5,6)22-16/h7-9,18H,1-6H3,(H,19,20). The van der Waals surface area contributed by atoms with Crippen molar-refractivity contribution in [3.05, 3.63) is 24.0 Å². The minimum absolute atomic E-state index is 0.402. The first kappa shape index (κ1) is 16.8. The van der Waals surface area contributed by atoms with Crippen LogP contribution in [0.25, 0.3) is 0 Å². The first-order valence-corrected chi connectivity index (χ1v) is 7.28. The Kier molecular flexibility index (Phi) is 4.00.